The van der Waals surface area contributed by atoms with E-state index in [-0.39, 0.29) is 28.7 Å². The van der Waals surface area contributed by atoms with Crippen LogP contribution in [0.4, 0.5) is 4.79 Å². The predicted octanol–water partition coefficient (Wildman–Crippen LogP) is 4.89. The fourth-order valence-electron chi connectivity index (χ4n) is 6.55. The number of piperidine rings is 2. The summed E-state index contributed by atoms with van der Waals surface area (Å²) in [5.41, 5.74) is 1.62. The number of likely N-dealkylation sites (tertiary alicyclic amines) is 4. The molecule has 4 aliphatic rings. The van der Waals surface area contributed by atoms with Gasteiger partial charge in [-0.2, -0.15) is 0 Å². The fraction of sp³-hybridized carbons (Fsp3) is 0.483. The van der Waals surface area contributed by atoms with E-state index in [2.05, 4.69) is 0 Å². The Kier molecular flexibility index (Phi) is 6.55. The molecule has 4 saturated heterocycles. The van der Waals surface area contributed by atoms with Gasteiger partial charge in [0.15, 0.2) is 0 Å². The average Bonchev–Trinajstić information content (AvgIpc) is 2.90. The molecule has 0 bridgehead atoms. The first kappa shape index (κ1) is 25.5. The molecule has 200 valence electrons. The smallest absolute Gasteiger partial charge is 0.320 e. The van der Waals surface area contributed by atoms with Crippen molar-refractivity contribution in [1.29, 1.82) is 0 Å². The van der Waals surface area contributed by atoms with Crippen LogP contribution in [0.2, 0.25) is 10.0 Å². The lowest BCUT2D eigenvalue weighted by Crippen LogP contribution is -2.69. The molecule has 4 amide bonds. The van der Waals surface area contributed by atoms with E-state index in [0.29, 0.717) is 21.2 Å². The summed E-state index contributed by atoms with van der Waals surface area (Å²) < 4.78 is 0. The molecular formula is C29H32Cl2N4O3. The second kappa shape index (κ2) is 9.76. The summed E-state index contributed by atoms with van der Waals surface area (Å²) in [6.45, 7) is 6.01. The Morgan fingerprint density at radius 3 is 1.16 bits per heavy atom. The Bertz CT molecular complexity index is 1120. The zero-order valence-electron chi connectivity index (χ0n) is 21.4. The van der Waals surface area contributed by atoms with Gasteiger partial charge in [-0.15, -0.1) is 0 Å². The number of rotatable bonds is 2. The zero-order valence-corrected chi connectivity index (χ0v) is 22.9. The van der Waals surface area contributed by atoms with Crippen LogP contribution in [0.15, 0.2) is 48.5 Å². The lowest BCUT2D eigenvalue weighted by molar-refractivity contribution is -0.0598. The minimum absolute atomic E-state index is 0.0514. The molecule has 2 aromatic carbocycles. The number of halogens is 2. The number of benzene rings is 2. The standard InChI is InChI=1S/C29H32Cl2N4O3/c30-23-5-1-21(2-6-23)25(36)32-13-9-28(10-14-32)17-34(18-28)27(38)35-19-29(20-35)11-15-33(16-12-29)26(37)22-3-7-24(31)8-4-22/h1-8H,9-20H2. The monoisotopic (exact) mass is 554 g/mol. The molecule has 0 radical (unpaired) electrons. The third-order valence-corrected chi connectivity index (χ3v) is 9.56. The third-order valence-electron chi connectivity index (χ3n) is 9.05. The van der Waals surface area contributed by atoms with Gasteiger partial charge in [0.25, 0.3) is 11.8 Å². The van der Waals surface area contributed by atoms with Crippen molar-refractivity contribution >= 4 is 41.0 Å². The second-order valence-corrected chi connectivity index (χ2v) is 12.5. The van der Waals surface area contributed by atoms with Gasteiger partial charge in [0.05, 0.1) is 0 Å². The van der Waals surface area contributed by atoms with Gasteiger partial charge in [-0.1, -0.05) is 23.2 Å². The summed E-state index contributed by atoms with van der Waals surface area (Å²) in [6, 6.07) is 14.2. The summed E-state index contributed by atoms with van der Waals surface area (Å²) in [5.74, 6) is 0.103. The van der Waals surface area contributed by atoms with E-state index in [1.54, 1.807) is 48.5 Å². The highest BCUT2D eigenvalue weighted by atomic mass is 35.5. The van der Waals surface area contributed by atoms with Gasteiger partial charge in [-0.25, -0.2) is 4.79 Å². The molecule has 0 saturated carbocycles. The Hall–Kier alpha value is -2.77. The van der Waals surface area contributed by atoms with Crippen LogP contribution in [-0.4, -0.2) is 89.8 Å². The molecule has 0 N–H and O–H groups in total. The summed E-state index contributed by atoms with van der Waals surface area (Å²) in [5, 5.41) is 1.25. The van der Waals surface area contributed by atoms with E-state index in [4.69, 9.17) is 23.2 Å². The molecule has 6 rings (SSSR count). The van der Waals surface area contributed by atoms with E-state index in [0.717, 1.165) is 78.0 Å². The lowest BCUT2D eigenvalue weighted by Gasteiger charge is -2.59. The van der Waals surface area contributed by atoms with Gasteiger partial charge in [0.2, 0.25) is 0 Å². The molecule has 0 aromatic heterocycles. The Morgan fingerprint density at radius 1 is 0.526 bits per heavy atom. The van der Waals surface area contributed by atoms with Gasteiger partial charge < -0.3 is 19.6 Å². The van der Waals surface area contributed by atoms with Crippen molar-refractivity contribution in [2.45, 2.75) is 25.7 Å². The van der Waals surface area contributed by atoms with E-state index in [1.165, 1.54) is 0 Å². The van der Waals surface area contributed by atoms with E-state index in [9.17, 15) is 14.4 Å². The fourth-order valence-corrected chi connectivity index (χ4v) is 6.80. The molecule has 4 aliphatic heterocycles. The molecule has 4 fully saturated rings. The largest absolute Gasteiger partial charge is 0.339 e. The van der Waals surface area contributed by atoms with E-state index >= 15 is 0 Å². The molecule has 0 unspecified atom stereocenters. The molecule has 9 heteroatoms. The maximum atomic E-state index is 13.1. The summed E-state index contributed by atoms with van der Waals surface area (Å²) in [4.78, 5) is 46.5. The first-order valence-electron chi connectivity index (χ1n) is 13.4. The van der Waals surface area contributed by atoms with Crippen molar-refractivity contribution < 1.29 is 14.4 Å². The van der Waals surface area contributed by atoms with E-state index in [1.807, 2.05) is 19.6 Å². The third kappa shape index (κ3) is 4.75. The van der Waals surface area contributed by atoms with Gasteiger partial charge in [-0.3, -0.25) is 9.59 Å². The van der Waals surface area contributed by atoms with Crippen molar-refractivity contribution in [3.63, 3.8) is 0 Å². The Labute approximate surface area is 233 Å². The van der Waals surface area contributed by atoms with Gasteiger partial charge in [-0.05, 0) is 74.2 Å². The van der Waals surface area contributed by atoms with E-state index < -0.39 is 0 Å². The maximum Gasteiger partial charge on any atom is 0.320 e. The van der Waals surface area contributed by atoms with Crippen LogP contribution >= 0.6 is 23.2 Å². The number of carbonyl (C=O) groups is 3. The average molecular weight is 556 g/mol. The molecule has 38 heavy (non-hydrogen) atoms. The number of carbonyl (C=O) groups excluding carboxylic acids is 3. The number of hydrogen-bond acceptors (Lipinski definition) is 3. The number of nitrogens with zero attached hydrogens (tertiary/aromatic N) is 4. The SMILES string of the molecule is O=C(c1ccc(Cl)cc1)N1CCC2(CC1)CN(C(=O)N1CC3(CCN(C(=O)c4ccc(Cl)cc4)CC3)C1)C2. The highest BCUT2D eigenvalue weighted by molar-refractivity contribution is 6.31. The Balaban J connectivity index is 0.941. The van der Waals surface area contributed by atoms with Crippen LogP contribution in [0.3, 0.4) is 0 Å². The predicted molar refractivity (Wildman–Crippen MR) is 147 cm³/mol. The van der Waals surface area contributed by atoms with Crippen molar-refractivity contribution in [2.75, 3.05) is 52.4 Å². The molecular weight excluding hydrogens is 523 g/mol. The normalized spacial score (nSPS) is 21.7. The van der Waals surface area contributed by atoms with Crippen LogP contribution in [-0.2, 0) is 0 Å². The van der Waals surface area contributed by atoms with Crippen molar-refractivity contribution in [3.05, 3.63) is 69.7 Å². The minimum atomic E-state index is 0.0514. The first-order valence-corrected chi connectivity index (χ1v) is 14.1. The minimum Gasteiger partial charge on any atom is -0.339 e. The molecule has 2 spiro atoms. The summed E-state index contributed by atoms with van der Waals surface area (Å²) in [6.07, 6.45) is 3.71. The summed E-state index contributed by atoms with van der Waals surface area (Å²) in [7, 11) is 0. The second-order valence-electron chi connectivity index (χ2n) is 11.6. The highest BCUT2D eigenvalue weighted by Gasteiger charge is 2.52. The summed E-state index contributed by atoms with van der Waals surface area (Å²) >= 11 is 11.9. The zero-order chi connectivity index (χ0) is 26.5. The van der Waals surface area contributed by atoms with Gasteiger partial charge >= 0.3 is 6.03 Å². The van der Waals surface area contributed by atoms with Crippen LogP contribution in [0.1, 0.15) is 46.4 Å². The Morgan fingerprint density at radius 2 is 0.842 bits per heavy atom. The maximum absolute atomic E-state index is 13.1. The highest BCUT2D eigenvalue weighted by Crippen LogP contribution is 2.45. The van der Waals surface area contributed by atoms with Crippen LogP contribution in [0.25, 0.3) is 0 Å². The number of amides is 4. The van der Waals surface area contributed by atoms with Crippen molar-refractivity contribution in [3.8, 4) is 0 Å². The number of hydrogen-bond donors (Lipinski definition) is 0. The number of urea groups is 1. The van der Waals surface area contributed by atoms with Crippen molar-refractivity contribution in [1.82, 2.24) is 19.6 Å². The van der Waals surface area contributed by atoms with Crippen LogP contribution < -0.4 is 0 Å². The quantitative estimate of drug-likeness (QED) is 0.530. The first-order chi connectivity index (χ1) is 18.2. The van der Waals surface area contributed by atoms with Crippen LogP contribution in [0, 0.1) is 10.8 Å². The molecule has 0 aliphatic carbocycles. The van der Waals surface area contributed by atoms with Crippen molar-refractivity contribution in [2.24, 2.45) is 10.8 Å². The molecule has 2 aromatic rings. The van der Waals surface area contributed by atoms with Crippen LogP contribution in [0.5, 0.6) is 0 Å². The topological polar surface area (TPSA) is 64.2 Å². The lowest BCUT2D eigenvalue weighted by atomic mass is 9.70. The van der Waals surface area contributed by atoms with Gasteiger partial charge in [0.1, 0.15) is 0 Å². The molecule has 0 atom stereocenters. The van der Waals surface area contributed by atoms with Gasteiger partial charge in [0, 0.05) is 84.4 Å². The molecule has 7 nitrogen and oxygen atoms in total. The molecule has 4 heterocycles.